The molecule has 0 aromatic rings. The van der Waals surface area contributed by atoms with E-state index >= 15 is 0 Å². The Kier molecular flexibility index (Phi) is 3.65. The molecule has 0 radical (unpaired) electrons. The summed E-state index contributed by atoms with van der Waals surface area (Å²) in [5.74, 6) is -1.37. The molecule has 0 atom stereocenters. The van der Waals surface area contributed by atoms with E-state index < -0.39 is 5.97 Å². The standard InChI is InChI=1S/C12H22O3/c1-12(13,14-10-6-2-3-7-10)15-11-8-4-5-9-11/h10-11,13H,2-9H2,1H3. The van der Waals surface area contributed by atoms with Gasteiger partial charge in [-0.1, -0.05) is 25.7 Å². The monoisotopic (exact) mass is 214 g/mol. The molecule has 2 fully saturated rings. The Balaban J connectivity index is 1.76. The van der Waals surface area contributed by atoms with E-state index in [1.165, 1.54) is 25.7 Å². The molecule has 0 aliphatic heterocycles. The van der Waals surface area contributed by atoms with Crippen LogP contribution in [0.3, 0.4) is 0 Å². The second-order valence-electron chi connectivity index (χ2n) is 4.95. The van der Waals surface area contributed by atoms with Gasteiger partial charge in [0.15, 0.2) is 0 Å². The molecule has 0 spiro atoms. The Bertz CT molecular complexity index is 171. The van der Waals surface area contributed by atoms with E-state index in [2.05, 4.69) is 0 Å². The molecule has 3 nitrogen and oxygen atoms in total. The largest absolute Gasteiger partial charge is 0.344 e. The highest BCUT2D eigenvalue weighted by molar-refractivity contribution is 4.71. The summed E-state index contributed by atoms with van der Waals surface area (Å²) in [5.41, 5.74) is 0. The summed E-state index contributed by atoms with van der Waals surface area (Å²) in [6.07, 6.45) is 9.48. The minimum atomic E-state index is -1.37. The van der Waals surface area contributed by atoms with E-state index in [1.54, 1.807) is 6.92 Å². The molecule has 2 saturated carbocycles. The topological polar surface area (TPSA) is 38.7 Å². The fourth-order valence-corrected chi connectivity index (χ4v) is 2.66. The third-order valence-corrected chi connectivity index (χ3v) is 3.38. The van der Waals surface area contributed by atoms with E-state index in [9.17, 15) is 5.11 Å². The normalized spacial score (nSPS) is 25.2. The number of aliphatic hydroxyl groups is 1. The van der Waals surface area contributed by atoms with Crippen molar-refractivity contribution >= 4 is 0 Å². The Morgan fingerprint density at radius 3 is 1.53 bits per heavy atom. The number of ether oxygens (including phenoxy) is 2. The first-order valence-corrected chi connectivity index (χ1v) is 6.24. The van der Waals surface area contributed by atoms with Crippen molar-refractivity contribution in [3.05, 3.63) is 0 Å². The van der Waals surface area contributed by atoms with Crippen LogP contribution in [0, 0.1) is 0 Å². The third-order valence-electron chi connectivity index (χ3n) is 3.38. The first-order valence-electron chi connectivity index (χ1n) is 6.24. The van der Waals surface area contributed by atoms with Crippen molar-refractivity contribution in [3.63, 3.8) is 0 Å². The molecule has 0 bridgehead atoms. The Morgan fingerprint density at radius 2 is 1.20 bits per heavy atom. The molecule has 2 aliphatic rings. The molecule has 1 N–H and O–H groups in total. The zero-order valence-corrected chi connectivity index (χ0v) is 9.58. The summed E-state index contributed by atoms with van der Waals surface area (Å²) in [5, 5.41) is 9.99. The number of hydrogen-bond acceptors (Lipinski definition) is 3. The zero-order valence-electron chi connectivity index (χ0n) is 9.58. The van der Waals surface area contributed by atoms with Crippen molar-refractivity contribution in [1.82, 2.24) is 0 Å². The molecular formula is C12H22O3. The molecule has 0 heterocycles. The average Bonchev–Trinajstić information content (AvgIpc) is 2.75. The average molecular weight is 214 g/mol. The van der Waals surface area contributed by atoms with Gasteiger partial charge in [0.1, 0.15) is 0 Å². The highest BCUT2D eigenvalue weighted by atomic mass is 16.8. The molecule has 0 aromatic heterocycles. The number of rotatable bonds is 4. The molecule has 2 aliphatic carbocycles. The third kappa shape index (κ3) is 3.44. The molecule has 0 unspecified atom stereocenters. The second-order valence-corrected chi connectivity index (χ2v) is 4.95. The van der Waals surface area contributed by atoms with Gasteiger partial charge in [-0.3, -0.25) is 0 Å². The molecule has 0 aromatic carbocycles. The van der Waals surface area contributed by atoms with E-state index in [4.69, 9.17) is 9.47 Å². The van der Waals surface area contributed by atoms with Crippen LogP contribution in [-0.2, 0) is 9.47 Å². The van der Waals surface area contributed by atoms with Gasteiger partial charge >= 0.3 is 0 Å². The quantitative estimate of drug-likeness (QED) is 0.731. The van der Waals surface area contributed by atoms with Crippen molar-refractivity contribution in [2.24, 2.45) is 0 Å². The van der Waals surface area contributed by atoms with Crippen LogP contribution in [-0.4, -0.2) is 23.3 Å². The molecule has 3 heteroatoms. The lowest BCUT2D eigenvalue weighted by Gasteiger charge is -2.30. The molecule has 0 amide bonds. The highest BCUT2D eigenvalue weighted by Gasteiger charge is 2.32. The maximum Gasteiger partial charge on any atom is 0.277 e. The Morgan fingerprint density at radius 1 is 0.867 bits per heavy atom. The van der Waals surface area contributed by atoms with Crippen molar-refractivity contribution in [3.8, 4) is 0 Å². The van der Waals surface area contributed by atoms with Crippen LogP contribution in [0.2, 0.25) is 0 Å². The SMILES string of the molecule is CC(O)(OC1CCCC1)OC1CCCC1. The van der Waals surface area contributed by atoms with Gasteiger partial charge in [0.25, 0.3) is 5.97 Å². The Labute approximate surface area is 91.8 Å². The van der Waals surface area contributed by atoms with Gasteiger partial charge in [-0.15, -0.1) is 0 Å². The second kappa shape index (κ2) is 4.81. The summed E-state index contributed by atoms with van der Waals surface area (Å²) in [7, 11) is 0. The molecule has 88 valence electrons. The molecular weight excluding hydrogens is 192 g/mol. The van der Waals surface area contributed by atoms with E-state index in [1.807, 2.05) is 0 Å². The zero-order chi connectivity index (χ0) is 10.7. The van der Waals surface area contributed by atoms with Gasteiger partial charge in [0.2, 0.25) is 0 Å². The van der Waals surface area contributed by atoms with Crippen molar-refractivity contribution in [2.75, 3.05) is 0 Å². The summed E-state index contributed by atoms with van der Waals surface area (Å²) < 4.78 is 11.2. The molecule has 15 heavy (non-hydrogen) atoms. The lowest BCUT2D eigenvalue weighted by molar-refractivity contribution is -0.376. The first kappa shape index (κ1) is 11.4. The fourth-order valence-electron chi connectivity index (χ4n) is 2.66. The maximum atomic E-state index is 9.99. The van der Waals surface area contributed by atoms with Crippen LogP contribution in [0.5, 0.6) is 0 Å². The predicted molar refractivity (Wildman–Crippen MR) is 57.3 cm³/mol. The van der Waals surface area contributed by atoms with Crippen LogP contribution in [0.1, 0.15) is 58.3 Å². The minimum absolute atomic E-state index is 0.196. The summed E-state index contributed by atoms with van der Waals surface area (Å²) in [4.78, 5) is 0. The summed E-state index contributed by atoms with van der Waals surface area (Å²) in [6.45, 7) is 1.63. The van der Waals surface area contributed by atoms with Crippen molar-refractivity contribution < 1.29 is 14.6 Å². The van der Waals surface area contributed by atoms with Crippen LogP contribution in [0.25, 0.3) is 0 Å². The van der Waals surface area contributed by atoms with E-state index in [0.29, 0.717) is 0 Å². The van der Waals surface area contributed by atoms with E-state index in [-0.39, 0.29) is 12.2 Å². The summed E-state index contributed by atoms with van der Waals surface area (Å²) in [6, 6.07) is 0. The summed E-state index contributed by atoms with van der Waals surface area (Å²) >= 11 is 0. The lowest BCUT2D eigenvalue weighted by Crippen LogP contribution is -2.38. The minimum Gasteiger partial charge on any atom is -0.344 e. The predicted octanol–water partition coefficient (Wildman–Crippen LogP) is 2.57. The van der Waals surface area contributed by atoms with Crippen molar-refractivity contribution in [2.45, 2.75) is 76.5 Å². The van der Waals surface area contributed by atoms with E-state index in [0.717, 1.165) is 25.7 Å². The van der Waals surface area contributed by atoms with Gasteiger partial charge in [-0.05, 0) is 25.7 Å². The molecule has 2 rings (SSSR count). The van der Waals surface area contributed by atoms with Crippen LogP contribution >= 0.6 is 0 Å². The first-order chi connectivity index (χ1) is 7.16. The lowest BCUT2D eigenvalue weighted by atomic mass is 10.3. The molecule has 0 saturated heterocycles. The van der Waals surface area contributed by atoms with Crippen LogP contribution in [0.15, 0.2) is 0 Å². The van der Waals surface area contributed by atoms with Crippen molar-refractivity contribution in [1.29, 1.82) is 0 Å². The highest BCUT2D eigenvalue weighted by Crippen LogP contribution is 2.29. The van der Waals surface area contributed by atoms with Gasteiger partial charge in [0, 0.05) is 6.92 Å². The smallest absolute Gasteiger partial charge is 0.277 e. The maximum absolute atomic E-state index is 9.99. The van der Waals surface area contributed by atoms with Gasteiger partial charge in [-0.2, -0.15) is 0 Å². The Hall–Kier alpha value is -0.120. The van der Waals surface area contributed by atoms with Crippen LogP contribution < -0.4 is 0 Å². The fraction of sp³-hybridized carbons (Fsp3) is 1.00. The van der Waals surface area contributed by atoms with Gasteiger partial charge in [0.05, 0.1) is 12.2 Å². The number of hydrogen-bond donors (Lipinski definition) is 1. The van der Waals surface area contributed by atoms with Gasteiger partial charge < -0.3 is 14.6 Å². The van der Waals surface area contributed by atoms with Gasteiger partial charge in [-0.25, -0.2) is 0 Å². The van der Waals surface area contributed by atoms with Crippen LogP contribution in [0.4, 0.5) is 0 Å².